The summed E-state index contributed by atoms with van der Waals surface area (Å²) in [5.74, 6) is 0.709. The fourth-order valence-electron chi connectivity index (χ4n) is 2.39. The van der Waals surface area contributed by atoms with Crippen molar-refractivity contribution in [2.45, 2.75) is 18.2 Å². The van der Waals surface area contributed by atoms with Crippen molar-refractivity contribution in [3.63, 3.8) is 0 Å². The maximum atomic E-state index is 12.5. The van der Waals surface area contributed by atoms with E-state index in [-0.39, 0.29) is 23.0 Å². The summed E-state index contributed by atoms with van der Waals surface area (Å²) in [7, 11) is 0.754. The SMILES string of the molecule is CCOc1ccc(NC(=O)Cc2ccc(OC)cc2)cc1S(=O)(=O)N(C)C. The predicted octanol–water partition coefficient (Wildman–Crippen LogP) is 2.53. The van der Waals surface area contributed by atoms with E-state index in [4.69, 9.17) is 9.47 Å². The number of methoxy groups -OCH3 is 1. The fourth-order valence-corrected chi connectivity index (χ4v) is 3.44. The maximum Gasteiger partial charge on any atom is 0.246 e. The van der Waals surface area contributed by atoms with Crippen LogP contribution in [0.2, 0.25) is 0 Å². The molecule has 0 spiro atoms. The minimum Gasteiger partial charge on any atom is -0.497 e. The summed E-state index contributed by atoms with van der Waals surface area (Å²) in [6, 6.07) is 11.7. The molecule has 7 nitrogen and oxygen atoms in total. The molecule has 1 N–H and O–H groups in total. The highest BCUT2D eigenvalue weighted by atomic mass is 32.2. The molecule has 0 heterocycles. The Balaban J connectivity index is 2.21. The van der Waals surface area contributed by atoms with Crippen molar-refractivity contribution in [3.8, 4) is 11.5 Å². The van der Waals surface area contributed by atoms with E-state index in [2.05, 4.69) is 5.32 Å². The average Bonchev–Trinajstić information content (AvgIpc) is 2.63. The summed E-state index contributed by atoms with van der Waals surface area (Å²) in [6.07, 6.45) is 0.160. The molecule has 2 rings (SSSR count). The molecule has 0 aromatic heterocycles. The smallest absolute Gasteiger partial charge is 0.246 e. The van der Waals surface area contributed by atoms with E-state index >= 15 is 0 Å². The van der Waals surface area contributed by atoms with Crippen molar-refractivity contribution < 1.29 is 22.7 Å². The largest absolute Gasteiger partial charge is 0.497 e. The number of hydrogen-bond donors (Lipinski definition) is 1. The van der Waals surface area contributed by atoms with Crippen molar-refractivity contribution in [2.24, 2.45) is 0 Å². The number of sulfonamides is 1. The van der Waals surface area contributed by atoms with Gasteiger partial charge in [-0.3, -0.25) is 4.79 Å². The number of amides is 1. The number of anilines is 1. The third kappa shape index (κ3) is 5.21. The van der Waals surface area contributed by atoms with Gasteiger partial charge >= 0.3 is 0 Å². The Kier molecular flexibility index (Phi) is 6.81. The molecule has 0 atom stereocenters. The molecule has 0 radical (unpaired) electrons. The number of hydrogen-bond acceptors (Lipinski definition) is 5. The number of rotatable bonds is 8. The molecule has 0 bridgehead atoms. The Morgan fingerprint density at radius 1 is 1.11 bits per heavy atom. The number of benzene rings is 2. The van der Waals surface area contributed by atoms with E-state index < -0.39 is 10.0 Å². The summed E-state index contributed by atoms with van der Waals surface area (Å²) in [4.78, 5) is 12.3. The first-order valence-corrected chi connectivity index (χ1v) is 9.84. The Morgan fingerprint density at radius 2 is 1.78 bits per heavy atom. The molecule has 0 aliphatic rings. The zero-order valence-corrected chi connectivity index (χ0v) is 16.7. The van der Waals surface area contributed by atoms with Crippen LogP contribution in [0.3, 0.4) is 0 Å². The van der Waals surface area contributed by atoms with Crippen LogP contribution in [-0.2, 0) is 21.2 Å². The zero-order chi connectivity index (χ0) is 20.0. The minimum absolute atomic E-state index is 0.0107. The highest BCUT2D eigenvalue weighted by molar-refractivity contribution is 7.89. The second kappa shape index (κ2) is 8.88. The molecule has 0 saturated carbocycles. The summed E-state index contributed by atoms with van der Waals surface area (Å²) >= 11 is 0. The Morgan fingerprint density at radius 3 is 2.33 bits per heavy atom. The molecule has 1 amide bonds. The van der Waals surface area contributed by atoms with Crippen molar-refractivity contribution in [3.05, 3.63) is 48.0 Å². The van der Waals surface area contributed by atoms with Crippen LogP contribution >= 0.6 is 0 Å². The third-order valence-corrected chi connectivity index (χ3v) is 5.65. The van der Waals surface area contributed by atoms with Crippen molar-refractivity contribution >= 4 is 21.6 Å². The molecule has 0 aliphatic heterocycles. The van der Waals surface area contributed by atoms with Gasteiger partial charge in [0, 0.05) is 19.8 Å². The van der Waals surface area contributed by atoms with Gasteiger partial charge in [-0.2, -0.15) is 0 Å². The van der Waals surface area contributed by atoms with Crippen LogP contribution in [0.5, 0.6) is 11.5 Å². The van der Waals surface area contributed by atoms with Gasteiger partial charge in [0.2, 0.25) is 15.9 Å². The van der Waals surface area contributed by atoms with Crippen molar-refractivity contribution in [2.75, 3.05) is 33.1 Å². The Labute approximate surface area is 160 Å². The van der Waals surface area contributed by atoms with Crippen molar-refractivity contribution in [1.29, 1.82) is 0 Å². The van der Waals surface area contributed by atoms with Gasteiger partial charge in [-0.15, -0.1) is 0 Å². The van der Waals surface area contributed by atoms with Crippen LogP contribution in [0, 0.1) is 0 Å². The second-order valence-electron chi connectivity index (χ2n) is 5.95. The van der Waals surface area contributed by atoms with Gasteiger partial charge in [0.25, 0.3) is 0 Å². The number of carbonyl (C=O) groups excluding carboxylic acids is 1. The summed E-state index contributed by atoms with van der Waals surface area (Å²) in [5, 5.41) is 2.73. The van der Waals surface area contributed by atoms with Crippen LogP contribution in [0.1, 0.15) is 12.5 Å². The maximum absolute atomic E-state index is 12.5. The van der Waals surface area contributed by atoms with E-state index in [9.17, 15) is 13.2 Å². The van der Waals surface area contributed by atoms with E-state index in [1.54, 1.807) is 50.4 Å². The monoisotopic (exact) mass is 392 g/mol. The first-order valence-electron chi connectivity index (χ1n) is 8.40. The molecule has 0 fully saturated rings. The second-order valence-corrected chi connectivity index (χ2v) is 8.08. The van der Waals surface area contributed by atoms with Gasteiger partial charge in [0.1, 0.15) is 16.4 Å². The molecule has 8 heteroatoms. The zero-order valence-electron chi connectivity index (χ0n) is 15.9. The van der Waals surface area contributed by atoms with Crippen LogP contribution in [0.15, 0.2) is 47.4 Å². The Hall–Kier alpha value is -2.58. The molecule has 0 unspecified atom stereocenters. The molecular weight excluding hydrogens is 368 g/mol. The van der Waals surface area contributed by atoms with Gasteiger partial charge in [0.15, 0.2) is 0 Å². The lowest BCUT2D eigenvalue weighted by atomic mass is 10.1. The standard InChI is InChI=1S/C19H24N2O5S/c1-5-26-17-11-8-15(13-18(17)27(23,24)21(2)3)20-19(22)12-14-6-9-16(25-4)10-7-14/h6-11,13H,5,12H2,1-4H3,(H,20,22). The fraction of sp³-hybridized carbons (Fsp3) is 0.316. The third-order valence-electron chi connectivity index (χ3n) is 3.81. The highest BCUT2D eigenvalue weighted by Gasteiger charge is 2.23. The first-order chi connectivity index (χ1) is 12.8. The van der Waals surface area contributed by atoms with E-state index in [0.717, 1.165) is 9.87 Å². The molecule has 0 saturated heterocycles. The first kappa shape index (κ1) is 20.7. The quantitative estimate of drug-likeness (QED) is 0.746. The number of ether oxygens (including phenoxy) is 2. The van der Waals surface area contributed by atoms with E-state index in [0.29, 0.717) is 18.0 Å². The van der Waals surface area contributed by atoms with Crippen LogP contribution in [0.4, 0.5) is 5.69 Å². The lowest BCUT2D eigenvalue weighted by Gasteiger charge is -2.16. The molecule has 146 valence electrons. The minimum atomic E-state index is -3.71. The average molecular weight is 392 g/mol. The van der Waals surface area contributed by atoms with Crippen LogP contribution < -0.4 is 14.8 Å². The molecular formula is C19H24N2O5S. The molecule has 2 aromatic carbocycles. The van der Waals surface area contributed by atoms with Gasteiger partial charge in [-0.1, -0.05) is 12.1 Å². The van der Waals surface area contributed by atoms with Gasteiger partial charge in [-0.25, -0.2) is 12.7 Å². The number of nitrogens with zero attached hydrogens (tertiary/aromatic N) is 1. The summed E-state index contributed by atoms with van der Waals surface area (Å²) in [5.41, 5.74) is 1.21. The number of nitrogens with one attached hydrogen (secondary N) is 1. The normalized spacial score (nSPS) is 11.3. The van der Waals surface area contributed by atoms with E-state index in [1.807, 2.05) is 0 Å². The van der Waals surface area contributed by atoms with Crippen LogP contribution in [0.25, 0.3) is 0 Å². The molecule has 0 aliphatic carbocycles. The van der Waals surface area contributed by atoms with Crippen molar-refractivity contribution in [1.82, 2.24) is 4.31 Å². The van der Waals surface area contributed by atoms with Gasteiger partial charge in [0.05, 0.1) is 20.1 Å². The number of carbonyl (C=O) groups is 1. The van der Waals surface area contributed by atoms with Gasteiger partial charge in [-0.05, 0) is 42.8 Å². The summed E-state index contributed by atoms with van der Waals surface area (Å²) in [6.45, 7) is 2.11. The van der Waals surface area contributed by atoms with E-state index in [1.165, 1.54) is 20.2 Å². The lowest BCUT2D eigenvalue weighted by molar-refractivity contribution is -0.115. The van der Waals surface area contributed by atoms with Crippen LogP contribution in [-0.4, -0.2) is 46.4 Å². The Bertz CT molecular complexity index is 893. The topological polar surface area (TPSA) is 84.9 Å². The molecule has 27 heavy (non-hydrogen) atoms. The lowest BCUT2D eigenvalue weighted by Crippen LogP contribution is -2.23. The van der Waals surface area contributed by atoms with Gasteiger partial charge < -0.3 is 14.8 Å². The summed E-state index contributed by atoms with van der Waals surface area (Å²) < 4.78 is 36.7. The molecule has 2 aromatic rings. The predicted molar refractivity (Wildman–Crippen MR) is 104 cm³/mol. The highest BCUT2D eigenvalue weighted by Crippen LogP contribution is 2.29.